The lowest BCUT2D eigenvalue weighted by Crippen LogP contribution is -2.30. The zero-order valence-corrected chi connectivity index (χ0v) is 17.3. The van der Waals surface area contributed by atoms with Crippen molar-refractivity contribution >= 4 is 30.7 Å². The van der Waals surface area contributed by atoms with Crippen molar-refractivity contribution in [1.29, 1.82) is 0 Å². The quantitative estimate of drug-likeness (QED) is 0.735. The molecule has 1 saturated heterocycles. The molecular weight excluding hydrogens is 381 g/mol. The van der Waals surface area contributed by atoms with Gasteiger partial charge >= 0.3 is 0 Å². The lowest BCUT2D eigenvalue weighted by molar-refractivity contribution is -0.122. The van der Waals surface area contributed by atoms with Crippen LogP contribution in [0.4, 0.5) is 0 Å². The summed E-state index contributed by atoms with van der Waals surface area (Å²) in [5.41, 5.74) is 3.45. The average molecular weight is 410 g/mol. The van der Waals surface area contributed by atoms with Crippen molar-refractivity contribution in [2.24, 2.45) is 5.92 Å². The largest absolute Gasteiger partial charge is 0.350 e. The Hall–Kier alpha value is -1.62. The molecule has 148 valence electrons. The molecule has 2 aromatic rings. The number of carbonyl (C=O) groups excluding carboxylic acids is 1. The van der Waals surface area contributed by atoms with Gasteiger partial charge in [-0.25, -0.2) is 0 Å². The number of nitrogens with zero attached hydrogens (tertiary/aromatic N) is 1. The van der Waals surface area contributed by atoms with E-state index in [-0.39, 0.29) is 36.8 Å². The molecular formula is C21H29Cl2N3O. The lowest BCUT2D eigenvalue weighted by atomic mass is 9.93. The molecule has 6 heteroatoms. The lowest BCUT2D eigenvalue weighted by Gasteiger charge is -2.22. The number of hydrogen-bond donors (Lipinski definition) is 2. The number of rotatable bonds is 6. The summed E-state index contributed by atoms with van der Waals surface area (Å²) in [4.78, 5) is 16.3. The number of hydrogen-bond acceptors (Lipinski definition) is 3. The van der Waals surface area contributed by atoms with E-state index in [0.717, 1.165) is 36.2 Å². The molecule has 1 aliphatic rings. The first kappa shape index (κ1) is 23.4. The first-order valence-electron chi connectivity index (χ1n) is 9.23. The number of aromatic nitrogens is 1. The van der Waals surface area contributed by atoms with Gasteiger partial charge in [-0.2, -0.15) is 0 Å². The van der Waals surface area contributed by atoms with E-state index in [1.807, 2.05) is 19.1 Å². The molecule has 1 aromatic carbocycles. The van der Waals surface area contributed by atoms with E-state index in [1.165, 1.54) is 12.8 Å². The van der Waals surface area contributed by atoms with Crippen LogP contribution in [-0.2, 0) is 4.79 Å². The van der Waals surface area contributed by atoms with Crippen molar-refractivity contribution in [3.8, 4) is 11.1 Å². The van der Waals surface area contributed by atoms with E-state index in [0.29, 0.717) is 12.3 Å². The first-order chi connectivity index (χ1) is 12.2. The molecule has 2 N–H and O–H groups in total. The third-order valence-electron chi connectivity index (χ3n) is 5.04. The van der Waals surface area contributed by atoms with Gasteiger partial charge in [-0.15, -0.1) is 24.8 Å². The molecule has 4 nitrogen and oxygen atoms in total. The second-order valence-corrected chi connectivity index (χ2v) is 6.88. The number of benzene rings is 1. The molecule has 2 heterocycles. The van der Waals surface area contributed by atoms with Gasteiger partial charge in [-0.1, -0.05) is 24.3 Å². The molecule has 0 saturated carbocycles. The summed E-state index contributed by atoms with van der Waals surface area (Å²) in [5, 5.41) is 6.50. The summed E-state index contributed by atoms with van der Waals surface area (Å²) < 4.78 is 0. The Morgan fingerprint density at radius 1 is 1.07 bits per heavy atom. The zero-order valence-electron chi connectivity index (χ0n) is 15.7. The molecule has 1 aliphatic heterocycles. The van der Waals surface area contributed by atoms with Gasteiger partial charge < -0.3 is 10.6 Å². The van der Waals surface area contributed by atoms with E-state index in [1.54, 1.807) is 12.4 Å². The maximum absolute atomic E-state index is 12.2. The van der Waals surface area contributed by atoms with E-state index in [2.05, 4.69) is 39.9 Å². The van der Waals surface area contributed by atoms with Crippen LogP contribution in [0, 0.1) is 5.92 Å². The van der Waals surface area contributed by atoms with Crippen LogP contribution in [0.1, 0.15) is 44.2 Å². The van der Waals surface area contributed by atoms with Gasteiger partial charge in [-0.3, -0.25) is 9.78 Å². The van der Waals surface area contributed by atoms with E-state index >= 15 is 0 Å². The molecule has 0 aliphatic carbocycles. The minimum Gasteiger partial charge on any atom is -0.350 e. The van der Waals surface area contributed by atoms with Crippen LogP contribution in [0.5, 0.6) is 0 Å². The number of pyridine rings is 1. The van der Waals surface area contributed by atoms with Crippen molar-refractivity contribution in [2.75, 3.05) is 13.1 Å². The van der Waals surface area contributed by atoms with Crippen molar-refractivity contribution in [3.05, 3.63) is 54.4 Å². The van der Waals surface area contributed by atoms with Crippen molar-refractivity contribution < 1.29 is 4.79 Å². The SMILES string of the molecule is CC(NC(=O)CCC1CCNCC1)c1ccc(-c2ccncc2)cc1.Cl.Cl. The molecule has 0 spiro atoms. The zero-order chi connectivity index (χ0) is 17.5. The Bertz CT molecular complexity index is 674. The number of piperidine rings is 1. The molecule has 3 rings (SSSR count). The number of carbonyl (C=O) groups is 1. The summed E-state index contributed by atoms with van der Waals surface area (Å²) in [6.45, 7) is 4.23. The maximum Gasteiger partial charge on any atom is 0.220 e. The molecule has 27 heavy (non-hydrogen) atoms. The smallest absolute Gasteiger partial charge is 0.220 e. The normalized spacial score (nSPS) is 15.1. The van der Waals surface area contributed by atoms with Crippen molar-refractivity contribution in [1.82, 2.24) is 15.6 Å². The summed E-state index contributed by atoms with van der Waals surface area (Å²) in [6.07, 6.45) is 7.62. The van der Waals surface area contributed by atoms with Gasteiger partial charge in [0, 0.05) is 18.8 Å². The predicted octanol–water partition coefficient (Wildman–Crippen LogP) is 4.55. The minimum absolute atomic E-state index is 0. The molecule has 0 bridgehead atoms. The Kier molecular flexibility index (Phi) is 10.4. The number of nitrogens with one attached hydrogen (secondary N) is 2. The average Bonchev–Trinajstić information content (AvgIpc) is 2.68. The Balaban J connectivity index is 0.00000182. The molecule has 1 amide bonds. The van der Waals surface area contributed by atoms with Crippen molar-refractivity contribution in [3.63, 3.8) is 0 Å². The molecule has 1 atom stereocenters. The Morgan fingerprint density at radius 3 is 2.30 bits per heavy atom. The minimum atomic E-state index is 0. The van der Waals surface area contributed by atoms with Crippen LogP contribution in [0.25, 0.3) is 11.1 Å². The van der Waals surface area contributed by atoms with Crippen LogP contribution in [0.3, 0.4) is 0 Å². The maximum atomic E-state index is 12.2. The fourth-order valence-corrected chi connectivity index (χ4v) is 3.41. The monoisotopic (exact) mass is 409 g/mol. The fraction of sp³-hybridized carbons (Fsp3) is 0.429. The van der Waals surface area contributed by atoms with Gasteiger partial charge in [0.15, 0.2) is 0 Å². The topological polar surface area (TPSA) is 54.0 Å². The second kappa shape index (κ2) is 12.0. The Morgan fingerprint density at radius 2 is 1.67 bits per heavy atom. The van der Waals surface area contributed by atoms with E-state index in [4.69, 9.17) is 0 Å². The summed E-state index contributed by atoms with van der Waals surface area (Å²) in [7, 11) is 0. The highest BCUT2D eigenvalue weighted by molar-refractivity contribution is 5.85. The van der Waals surface area contributed by atoms with Gasteiger partial charge in [0.2, 0.25) is 5.91 Å². The van der Waals surface area contributed by atoms with Gasteiger partial charge in [0.25, 0.3) is 0 Å². The number of amides is 1. The summed E-state index contributed by atoms with van der Waals surface area (Å²) in [6, 6.07) is 12.4. The standard InChI is InChI=1S/C21H27N3O.2ClH/c1-16(24-21(25)7-2-17-8-12-22-13-9-17)18-3-5-19(6-4-18)20-10-14-23-15-11-20;;/h3-6,10-11,14-17,22H,2,7-9,12-13H2,1H3,(H,24,25);2*1H. The summed E-state index contributed by atoms with van der Waals surface area (Å²) in [5.74, 6) is 0.853. The van der Waals surface area contributed by atoms with Crippen LogP contribution in [-0.4, -0.2) is 24.0 Å². The van der Waals surface area contributed by atoms with E-state index < -0.39 is 0 Å². The Labute approximate surface area is 174 Å². The fourth-order valence-electron chi connectivity index (χ4n) is 3.41. The van der Waals surface area contributed by atoms with Gasteiger partial charge in [-0.05, 0) is 74.0 Å². The van der Waals surface area contributed by atoms with Crippen LogP contribution >= 0.6 is 24.8 Å². The third kappa shape index (κ3) is 7.13. The van der Waals surface area contributed by atoms with E-state index in [9.17, 15) is 4.79 Å². The highest BCUT2D eigenvalue weighted by atomic mass is 35.5. The summed E-state index contributed by atoms with van der Waals surface area (Å²) >= 11 is 0. The van der Waals surface area contributed by atoms with Crippen LogP contribution in [0.15, 0.2) is 48.8 Å². The highest BCUT2D eigenvalue weighted by Gasteiger charge is 2.15. The molecule has 1 unspecified atom stereocenters. The van der Waals surface area contributed by atoms with Crippen LogP contribution < -0.4 is 10.6 Å². The van der Waals surface area contributed by atoms with Crippen LogP contribution in [0.2, 0.25) is 0 Å². The van der Waals surface area contributed by atoms with Gasteiger partial charge in [0.05, 0.1) is 6.04 Å². The van der Waals surface area contributed by atoms with Gasteiger partial charge in [0.1, 0.15) is 0 Å². The molecule has 0 radical (unpaired) electrons. The first-order valence-corrected chi connectivity index (χ1v) is 9.23. The molecule has 1 aromatic heterocycles. The predicted molar refractivity (Wildman–Crippen MR) is 116 cm³/mol. The van der Waals surface area contributed by atoms with Crippen molar-refractivity contribution in [2.45, 2.75) is 38.6 Å². The molecule has 1 fully saturated rings. The highest BCUT2D eigenvalue weighted by Crippen LogP contribution is 2.22. The number of halogens is 2. The third-order valence-corrected chi connectivity index (χ3v) is 5.04. The second-order valence-electron chi connectivity index (χ2n) is 6.88.